The minimum atomic E-state index is -0.457. The number of aromatic nitrogens is 1. The topological polar surface area (TPSA) is 78.0 Å². The summed E-state index contributed by atoms with van der Waals surface area (Å²) in [6.07, 6.45) is 1.67. The van der Waals surface area contributed by atoms with E-state index in [2.05, 4.69) is 4.98 Å². The van der Waals surface area contributed by atoms with Gasteiger partial charge in [0.2, 0.25) is 6.79 Å². The van der Waals surface area contributed by atoms with Gasteiger partial charge in [-0.3, -0.25) is 14.6 Å². The fourth-order valence-electron chi connectivity index (χ4n) is 2.72. The summed E-state index contributed by atoms with van der Waals surface area (Å²) in [7, 11) is 1.33. The Hall–Kier alpha value is -3.09. The number of amides is 1. The largest absolute Gasteiger partial charge is 0.469 e. The van der Waals surface area contributed by atoms with Gasteiger partial charge in [-0.15, -0.1) is 0 Å². The molecule has 1 unspecified atom stereocenters. The van der Waals surface area contributed by atoms with Gasteiger partial charge in [0.1, 0.15) is 0 Å². The normalized spacial score (nSPS) is 13.2. The summed E-state index contributed by atoms with van der Waals surface area (Å²) in [4.78, 5) is 30.7. The summed E-state index contributed by atoms with van der Waals surface area (Å²) >= 11 is 0. The highest BCUT2D eigenvalue weighted by Crippen LogP contribution is 2.33. The molecule has 0 saturated carbocycles. The van der Waals surface area contributed by atoms with Crippen molar-refractivity contribution >= 4 is 11.9 Å². The molecule has 1 aromatic carbocycles. The number of carbonyl (C=O) groups is 2. The zero-order valence-electron chi connectivity index (χ0n) is 14.7. The Morgan fingerprint density at radius 1 is 1.23 bits per heavy atom. The molecule has 1 atom stereocenters. The van der Waals surface area contributed by atoms with Crippen LogP contribution in [-0.2, 0) is 16.1 Å². The average Bonchev–Trinajstić information content (AvgIpc) is 3.14. The van der Waals surface area contributed by atoms with Crippen LogP contribution in [0.1, 0.15) is 23.0 Å². The van der Waals surface area contributed by atoms with Gasteiger partial charge in [-0.2, -0.15) is 0 Å². The standard InChI is InChI=1S/C19H20N2O5/c1-13(19(23)24-2)10-21(11-15-5-3-4-8-20-15)18(22)14-6-7-16-17(9-14)26-12-25-16/h3-9,13H,10-12H2,1-2H3. The molecule has 26 heavy (non-hydrogen) atoms. The highest BCUT2D eigenvalue weighted by molar-refractivity contribution is 5.95. The minimum absolute atomic E-state index is 0.143. The molecule has 2 heterocycles. The van der Waals surface area contributed by atoms with Gasteiger partial charge in [-0.25, -0.2) is 0 Å². The molecule has 0 saturated heterocycles. The molecule has 0 N–H and O–H groups in total. The second-order valence-corrected chi connectivity index (χ2v) is 6.00. The molecule has 1 aromatic heterocycles. The quantitative estimate of drug-likeness (QED) is 0.739. The fourth-order valence-corrected chi connectivity index (χ4v) is 2.72. The molecule has 0 aliphatic carbocycles. The third-order valence-corrected chi connectivity index (χ3v) is 4.08. The number of nitrogens with zero attached hydrogens (tertiary/aromatic N) is 2. The molecule has 0 bridgehead atoms. The first-order valence-electron chi connectivity index (χ1n) is 8.25. The van der Waals surface area contributed by atoms with Crippen molar-refractivity contribution in [2.45, 2.75) is 13.5 Å². The Morgan fingerprint density at radius 2 is 2.04 bits per heavy atom. The Kier molecular flexibility index (Phi) is 5.36. The lowest BCUT2D eigenvalue weighted by molar-refractivity contribution is -0.145. The summed E-state index contributed by atoms with van der Waals surface area (Å²) in [5.74, 6) is 0.108. The molecule has 1 aliphatic heterocycles. The van der Waals surface area contributed by atoms with Gasteiger partial charge < -0.3 is 19.1 Å². The highest BCUT2D eigenvalue weighted by Gasteiger charge is 2.25. The first-order chi connectivity index (χ1) is 12.6. The molecule has 0 radical (unpaired) electrons. The molecule has 7 nitrogen and oxygen atoms in total. The molecule has 0 fully saturated rings. The van der Waals surface area contributed by atoms with Crippen LogP contribution in [0.3, 0.4) is 0 Å². The number of methoxy groups -OCH3 is 1. The number of hydrogen-bond donors (Lipinski definition) is 0. The van der Waals surface area contributed by atoms with E-state index in [0.717, 1.165) is 5.69 Å². The number of rotatable bonds is 6. The minimum Gasteiger partial charge on any atom is -0.469 e. The lowest BCUT2D eigenvalue weighted by Crippen LogP contribution is -2.37. The first kappa shape index (κ1) is 17.7. The van der Waals surface area contributed by atoms with Crippen molar-refractivity contribution in [2.24, 2.45) is 5.92 Å². The molecule has 1 aliphatic rings. The van der Waals surface area contributed by atoms with Crippen LogP contribution in [0.4, 0.5) is 0 Å². The number of esters is 1. The third kappa shape index (κ3) is 3.93. The molecule has 7 heteroatoms. The van der Waals surface area contributed by atoms with E-state index in [0.29, 0.717) is 17.1 Å². The van der Waals surface area contributed by atoms with Gasteiger partial charge in [0.15, 0.2) is 11.5 Å². The molecule has 2 aromatic rings. The number of hydrogen-bond acceptors (Lipinski definition) is 6. The SMILES string of the molecule is COC(=O)C(C)CN(Cc1ccccn1)C(=O)c1ccc2c(c1)OCO2. The summed E-state index contributed by atoms with van der Waals surface area (Å²) in [6.45, 7) is 2.38. The maximum atomic E-state index is 13.0. The number of benzene rings is 1. The van der Waals surface area contributed by atoms with Crippen LogP contribution in [0.2, 0.25) is 0 Å². The van der Waals surface area contributed by atoms with Crippen LogP contribution < -0.4 is 9.47 Å². The fraction of sp³-hybridized carbons (Fsp3) is 0.316. The van der Waals surface area contributed by atoms with E-state index in [9.17, 15) is 9.59 Å². The summed E-state index contributed by atoms with van der Waals surface area (Å²) in [5, 5.41) is 0. The van der Waals surface area contributed by atoms with Crippen molar-refractivity contribution in [1.82, 2.24) is 9.88 Å². The lowest BCUT2D eigenvalue weighted by atomic mass is 10.1. The van der Waals surface area contributed by atoms with Gasteiger partial charge in [0, 0.05) is 18.3 Å². The van der Waals surface area contributed by atoms with Crippen molar-refractivity contribution in [2.75, 3.05) is 20.4 Å². The van der Waals surface area contributed by atoms with Crippen LogP contribution in [0.5, 0.6) is 11.5 Å². The number of carbonyl (C=O) groups excluding carboxylic acids is 2. The van der Waals surface area contributed by atoms with E-state index in [1.807, 2.05) is 18.2 Å². The van der Waals surface area contributed by atoms with Crippen LogP contribution in [0, 0.1) is 5.92 Å². The molecule has 136 valence electrons. The Bertz CT molecular complexity index is 794. The zero-order chi connectivity index (χ0) is 18.5. The Labute approximate surface area is 151 Å². The smallest absolute Gasteiger partial charge is 0.310 e. The van der Waals surface area contributed by atoms with Crippen LogP contribution in [0.15, 0.2) is 42.6 Å². The van der Waals surface area contributed by atoms with Gasteiger partial charge in [-0.05, 0) is 30.3 Å². The van der Waals surface area contributed by atoms with Gasteiger partial charge in [0.25, 0.3) is 5.91 Å². The second kappa shape index (κ2) is 7.86. The van der Waals surface area contributed by atoms with Crippen LogP contribution in [0.25, 0.3) is 0 Å². The van der Waals surface area contributed by atoms with Crippen molar-refractivity contribution in [1.29, 1.82) is 0 Å². The number of ether oxygens (including phenoxy) is 3. The summed E-state index contributed by atoms with van der Waals surface area (Å²) < 4.78 is 15.4. The van der Waals surface area contributed by atoms with Crippen molar-refractivity contribution in [3.8, 4) is 11.5 Å². The zero-order valence-corrected chi connectivity index (χ0v) is 14.7. The predicted molar refractivity (Wildman–Crippen MR) is 92.7 cm³/mol. The molecule has 1 amide bonds. The number of fused-ring (bicyclic) bond motifs is 1. The third-order valence-electron chi connectivity index (χ3n) is 4.08. The number of pyridine rings is 1. The Balaban J connectivity index is 1.83. The van der Waals surface area contributed by atoms with Gasteiger partial charge in [0.05, 0.1) is 25.3 Å². The summed E-state index contributed by atoms with van der Waals surface area (Å²) in [5.41, 5.74) is 1.20. The van der Waals surface area contributed by atoms with Crippen LogP contribution in [-0.4, -0.2) is 42.2 Å². The second-order valence-electron chi connectivity index (χ2n) is 6.00. The molecular formula is C19H20N2O5. The van der Waals surface area contributed by atoms with E-state index in [-0.39, 0.29) is 31.8 Å². The van der Waals surface area contributed by atoms with Crippen LogP contribution >= 0.6 is 0 Å². The predicted octanol–water partition coefficient (Wildman–Crippen LogP) is 2.26. The maximum absolute atomic E-state index is 13.0. The summed E-state index contributed by atoms with van der Waals surface area (Å²) in [6, 6.07) is 10.5. The van der Waals surface area contributed by atoms with E-state index in [1.165, 1.54) is 7.11 Å². The van der Waals surface area contributed by atoms with Gasteiger partial charge >= 0.3 is 5.97 Å². The average molecular weight is 356 g/mol. The van der Waals surface area contributed by atoms with E-state index in [4.69, 9.17) is 14.2 Å². The monoisotopic (exact) mass is 356 g/mol. The molecule has 3 rings (SSSR count). The maximum Gasteiger partial charge on any atom is 0.310 e. The molecule has 0 spiro atoms. The Morgan fingerprint density at radius 3 is 2.77 bits per heavy atom. The first-order valence-corrected chi connectivity index (χ1v) is 8.25. The molecular weight excluding hydrogens is 336 g/mol. The van der Waals surface area contributed by atoms with Gasteiger partial charge in [-0.1, -0.05) is 13.0 Å². The van der Waals surface area contributed by atoms with Crippen molar-refractivity contribution in [3.05, 3.63) is 53.9 Å². The lowest BCUT2D eigenvalue weighted by Gasteiger charge is -2.25. The van der Waals surface area contributed by atoms with E-state index < -0.39 is 5.92 Å². The van der Waals surface area contributed by atoms with Crippen molar-refractivity contribution in [3.63, 3.8) is 0 Å². The highest BCUT2D eigenvalue weighted by atomic mass is 16.7. The van der Waals surface area contributed by atoms with E-state index >= 15 is 0 Å². The van der Waals surface area contributed by atoms with Crippen molar-refractivity contribution < 1.29 is 23.8 Å². The van der Waals surface area contributed by atoms with E-state index in [1.54, 1.807) is 36.2 Å².